The molecular weight excluding hydrogens is 274 g/mol. The Kier molecular flexibility index (Phi) is 5.12. The molecule has 0 bridgehead atoms. The van der Waals surface area contributed by atoms with Crippen LogP contribution in [0.4, 0.5) is 14.5 Å². The van der Waals surface area contributed by atoms with Gasteiger partial charge in [0.2, 0.25) is 0 Å². The molecule has 1 amide bonds. The van der Waals surface area contributed by atoms with Gasteiger partial charge >= 0.3 is 0 Å². The van der Waals surface area contributed by atoms with Crippen molar-refractivity contribution in [3.05, 3.63) is 24.3 Å². The number of thioether (sulfide) groups is 1. The number of alkyl halides is 2. The number of carbonyl (C=O) groups is 1. The second-order valence-corrected chi connectivity index (χ2v) is 4.96. The molecule has 104 valence electrons. The fraction of sp³-hybridized carbons (Fsp3) is 0.417. The Morgan fingerprint density at radius 1 is 1.47 bits per heavy atom. The summed E-state index contributed by atoms with van der Waals surface area (Å²) in [4.78, 5) is 12.3. The molecule has 2 rings (SSSR count). The average Bonchev–Trinajstić information content (AvgIpc) is 2.41. The first kappa shape index (κ1) is 14.2. The lowest BCUT2D eigenvalue weighted by atomic mass is 10.2. The first-order valence-corrected chi connectivity index (χ1v) is 6.72. The number of hydrogen-bond donors (Lipinski definition) is 2. The fourth-order valence-corrected chi connectivity index (χ4v) is 2.31. The zero-order chi connectivity index (χ0) is 13.7. The van der Waals surface area contributed by atoms with Crippen molar-refractivity contribution in [1.82, 2.24) is 5.32 Å². The molecule has 1 aromatic rings. The molecular formula is C12H14F2N2O2S. The van der Waals surface area contributed by atoms with E-state index in [1.807, 2.05) is 0 Å². The van der Waals surface area contributed by atoms with E-state index in [-0.39, 0.29) is 5.91 Å². The van der Waals surface area contributed by atoms with Gasteiger partial charge in [-0.15, -0.1) is 0 Å². The molecule has 19 heavy (non-hydrogen) atoms. The smallest absolute Gasteiger partial charge is 0.288 e. The summed E-state index contributed by atoms with van der Waals surface area (Å²) in [6.45, 7) is 1.60. The highest BCUT2D eigenvalue weighted by molar-refractivity contribution is 7.99. The maximum absolute atomic E-state index is 12.4. The Morgan fingerprint density at radius 2 is 2.26 bits per heavy atom. The van der Waals surface area contributed by atoms with Crippen LogP contribution in [-0.2, 0) is 9.53 Å². The van der Waals surface area contributed by atoms with Crippen LogP contribution in [0.5, 0.6) is 0 Å². The monoisotopic (exact) mass is 288 g/mol. The van der Waals surface area contributed by atoms with Crippen LogP contribution >= 0.6 is 11.8 Å². The van der Waals surface area contributed by atoms with Crippen molar-refractivity contribution < 1.29 is 18.3 Å². The molecule has 0 saturated carbocycles. The number of nitrogens with one attached hydrogen (secondary N) is 2. The van der Waals surface area contributed by atoms with Crippen molar-refractivity contribution in [2.24, 2.45) is 0 Å². The Hall–Kier alpha value is -1.18. The summed E-state index contributed by atoms with van der Waals surface area (Å²) in [6.07, 6.45) is -0.585. The Bertz CT molecular complexity index is 439. The second-order valence-electron chi connectivity index (χ2n) is 3.93. The number of halogens is 2. The molecule has 1 aliphatic rings. The topological polar surface area (TPSA) is 50.4 Å². The van der Waals surface area contributed by atoms with Crippen LogP contribution in [0.15, 0.2) is 29.2 Å². The Morgan fingerprint density at radius 3 is 2.95 bits per heavy atom. The average molecular weight is 288 g/mol. The third kappa shape index (κ3) is 4.15. The Balaban J connectivity index is 2.03. The summed E-state index contributed by atoms with van der Waals surface area (Å²) in [7, 11) is 0. The number of amides is 1. The standard InChI is InChI=1S/C12H14F2N2O2S/c13-12(14)19-10-4-2-1-3-8(10)16-11(17)9-7-15-5-6-18-9/h1-4,9,12,15H,5-7H2,(H,16,17). The van der Waals surface area contributed by atoms with Gasteiger partial charge in [0.25, 0.3) is 11.7 Å². The van der Waals surface area contributed by atoms with Gasteiger partial charge in [0.1, 0.15) is 6.10 Å². The highest BCUT2D eigenvalue weighted by Gasteiger charge is 2.22. The third-order valence-electron chi connectivity index (χ3n) is 2.58. The van der Waals surface area contributed by atoms with Gasteiger partial charge in [-0.3, -0.25) is 4.79 Å². The van der Waals surface area contributed by atoms with Gasteiger partial charge in [-0.1, -0.05) is 23.9 Å². The largest absolute Gasteiger partial charge is 0.366 e. The van der Waals surface area contributed by atoms with E-state index in [2.05, 4.69) is 10.6 Å². The number of ether oxygens (including phenoxy) is 1. The molecule has 1 saturated heterocycles. The van der Waals surface area contributed by atoms with Crippen LogP contribution in [0.2, 0.25) is 0 Å². The number of para-hydroxylation sites is 1. The molecule has 7 heteroatoms. The van der Waals surface area contributed by atoms with Crippen molar-refractivity contribution >= 4 is 23.4 Å². The number of morpholine rings is 1. The van der Waals surface area contributed by atoms with Gasteiger partial charge in [0, 0.05) is 18.0 Å². The van der Waals surface area contributed by atoms with Crippen LogP contribution in [0.25, 0.3) is 0 Å². The highest BCUT2D eigenvalue weighted by atomic mass is 32.2. The van der Waals surface area contributed by atoms with E-state index < -0.39 is 11.9 Å². The molecule has 0 radical (unpaired) electrons. The quantitative estimate of drug-likeness (QED) is 0.831. The number of benzene rings is 1. The summed E-state index contributed by atoms with van der Waals surface area (Å²) in [6, 6.07) is 6.48. The summed E-state index contributed by atoms with van der Waals surface area (Å²) in [5, 5.41) is 5.66. The van der Waals surface area contributed by atoms with E-state index in [4.69, 9.17) is 4.74 Å². The first-order valence-electron chi connectivity index (χ1n) is 5.84. The molecule has 1 fully saturated rings. The van der Waals surface area contributed by atoms with Crippen LogP contribution in [0.1, 0.15) is 0 Å². The van der Waals surface area contributed by atoms with Gasteiger partial charge in [-0.05, 0) is 12.1 Å². The first-order chi connectivity index (χ1) is 9.16. The van der Waals surface area contributed by atoms with Crippen LogP contribution in [-0.4, -0.2) is 37.5 Å². The maximum atomic E-state index is 12.4. The molecule has 0 aliphatic carbocycles. The highest BCUT2D eigenvalue weighted by Crippen LogP contribution is 2.31. The number of carbonyl (C=O) groups excluding carboxylic acids is 1. The molecule has 1 unspecified atom stereocenters. The van der Waals surface area contributed by atoms with E-state index in [0.717, 1.165) is 0 Å². The summed E-state index contributed by atoms with van der Waals surface area (Å²) < 4.78 is 30.1. The zero-order valence-corrected chi connectivity index (χ0v) is 10.9. The Labute approximate surface area is 113 Å². The van der Waals surface area contributed by atoms with Crippen LogP contribution in [0.3, 0.4) is 0 Å². The van der Waals surface area contributed by atoms with E-state index in [1.165, 1.54) is 0 Å². The van der Waals surface area contributed by atoms with Gasteiger partial charge in [0.15, 0.2) is 0 Å². The number of rotatable bonds is 4. The maximum Gasteiger partial charge on any atom is 0.288 e. The van der Waals surface area contributed by atoms with E-state index in [9.17, 15) is 13.6 Å². The van der Waals surface area contributed by atoms with Gasteiger partial charge in [-0.25, -0.2) is 0 Å². The molecule has 1 heterocycles. The molecule has 0 aromatic heterocycles. The van der Waals surface area contributed by atoms with Crippen molar-refractivity contribution in [3.8, 4) is 0 Å². The molecule has 1 aromatic carbocycles. The fourth-order valence-electron chi connectivity index (χ4n) is 1.72. The summed E-state index contributed by atoms with van der Waals surface area (Å²) in [5.74, 6) is -2.85. The van der Waals surface area contributed by atoms with Crippen molar-refractivity contribution in [3.63, 3.8) is 0 Å². The van der Waals surface area contributed by atoms with Crippen molar-refractivity contribution in [2.75, 3.05) is 25.0 Å². The lowest BCUT2D eigenvalue weighted by molar-refractivity contribution is -0.128. The summed E-state index contributed by atoms with van der Waals surface area (Å²) in [5.41, 5.74) is 0.381. The predicted molar refractivity (Wildman–Crippen MR) is 69.5 cm³/mol. The minimum atomic E-state index is -2.52. The molecule has 2 N–H and O–H groups in total. The SMILES string of the molecule is O=C(Nc1ccccc1SC(F)F)C1CNCCO1. The minimum Gasteiger partial charge on any atom is -0.366 e. The van der Waals surface area contributed by atoms with Gasteiger partial charge in [0.05, 0.1) is 12.3 Å². The predicted octanol–water partition coefficient (Wildman–Crippen LogP) is 1.93. The second kappa shape index (κ2) is 6.83. The summed E-state index contributed by atoms with van der Waals surface area (Å²) >= 11 is 0.409. The minimum absolute atomic E-state index is 0.325. The molecule has 0 spiro atoms. The number of anilines is 1. The normalized spacial score (nSPS) is 19.4. The molecule has 1 atom stereocenters. The lowest BCUT2D eigenvalue weighted by Gasteiger charge is -2.23. The zero-order valence-electron chi connectivity index (χ0n) is 10.1. The molecule has 4 nitrogen and oxygen atoms in total. The van der Waals surface area contributed by atoms with Crippen LogP contribution in [0, 0.1) is 0 Å². The van der Waals surface area contributed by atoms with Crippen LogP contribution < -0.4 is 10.6 Å². The van der Waals surface area contributed by atoms with E-state index >= 15 is 0 Å². The molecule has 1 aliphatic heterocycles. The lowest BCUT2D eigenvalue weighted by Crippen LogP contribution is -2.45. The van der Waals surface area contributed by atoms with Gasteiger partial charge in [-0.2, -0.15) is 8.78 Å². The van der Waals surface area contributed by atoms with Crippen molar-refractivity contribution in [1.29, 1.82) is 0 Å². The number of hydrogen-bond acceptors (Lipinski definition) is 4. The van der Waals surface area contributed by atoms with Gasteiger partial charge < -0.3 is 15.4 Å². The van der Waals surface area contributed by atoms with Crippen molar-refractivity contribution in [2.45, 2.75) is 16.8 Å². The van der Waals surface area contributed by atoms with E-state index in [1.54, 1.807) is 24.3 Å². The third-order valence-corrected chi connectivity index (χ3v) is 3.37. The van der Waals surface area contributed by atoms with E-state index in [0.29, 0.717) is 42.0 Å².